The van der Waals surface area contributed by atoms with Gasteiger partial charge in [-0.1, -0.05) is 55.5 Å². The molecule has 3 amide bonds. The van der Waals surface area contributed by atoms with Gasteiger partial charge >= 0.3 is 5.97 Å². The lowest BCUT2D eigenvalue weighted by Gasteiger charge is -2.41. The Hall–Kier alpha value is -4.84. The number of ether oxygens (including phenoxy) is 1. The van der Waals surface area contributed by atoms with Gasteiger partial charge in [-0.25, -0.2) is 8.78 Å². The molecule has 3 aromatic carbocycles. The van der Waals surface area contributed by atoms with Crippen LogP contribution in [0.2, 0.25) is 0 Å². The molecule has 5 rings (SSSR count). The van der Waals surface area contributed by atoms with Gasteiger partial charge in [-0.2, -0.15) is 0 Å². The number of carbonyl (C=O) groups excluding carboxylic acids is 4. The molecule has 2 fully saturated rings. The third kappa shape index (κ3) is 7.99. The fourth-order valence-electron chi connectivity index (χ4n) is 6.70. The number of piperazine rings is 1. The maximum absolute atomic E-state index is 15.3. The molecule has 0 aliphatic carbocycles. The molecule has 4 unspecified atom stereocenters. The minimum atomic E-state index is -1.45. The number of primary amides is 1. The van der Waals surface area contributed by atoms with E-state index in [-0.39, 0.29) is 18.7 Å². The smallest absolute Gasteiger partial charge is 0.312 e. The van der Waals surface area contributed by atoms with E-state index >= 15 is 4.39 Å². The van der Waals surface area contributed by atoms with E-state index in [0.29, 0.717) is 44.1 Å². The van der Waals surface area contributed by atoms with E-state index in [1.54, 1.807) is 31.2 Å². The Morgan fingerprint density at radius 1 is 0.979 bits per heavy atom. The second kappa shape index (κ2) is 15.8. The highest BCUT2D eigenvalue weighted by Gasteiger charge is 2.52. The molecule has 0 bridgehead atoms. The van der Waals surface area contributed by atoms with Gasteiger partial charge in [0.05, 0.1) is 11.5 Å². The maximum atomic E-state index is 15.3. The monoisotopic (exact) mass is 661 g/mol. The normalized spacial score (nSPS) is 21.3. The van der Waals surface area contributed by atoms with E-state index in [1.165, 1.54) is 6.07 Å². The third-order valence-corrected chi connectivity index (χ3v) is 9.16. The first-order valence-electron chi connectivity index (χ1n) is 16.3. The average molecular weight is 662 g/mol. The summed E-state index contributed by atoms with van der Waals surface area (Å²) in [6.07, 6.45) is 0.902. The highest BCUT2D eigenvalue weighted by Crippen LogP contribution is 2.41. The molecule has 254 valence electrons. The van der Waals surface area contributed by atoms with Gasteiger partial charge < -0.3 is 26.0 Å². The molecule has 10 nitrogen and oxygen atoms in total. The molecule has 2 aliphatic rings. The van der Waals surface area contributed by atoms with Crippen molar-refractivity contribution in [3.8, 4) is 0 Å². The van der Waals surface area contributed by atoms with Crippen LogP contribution in [-0.2, 0) is 25.7 Å². The van der Waals surface area contributed by atoms with E-state index < -0.39 is 59.1 Å². The Morgan fingerprint density at radius 2 is 1.69 bits per heavy atom. The van der Waals surface area contributed by atoms with Crippen molar-refractivity contribution < 1.29 is 32.7 Å². The Bertz CT molecular complexity index is 1620. The van der Waals surface area contributed by atoms with Crippen LogP contribution in [0.25, 0.3) is 0 Å². The third-order valence-electron chi connectivity index (χ3n) is 9.16. The van der Waals surface area contributed by atoms with Crippen LogP contribution in [0.15, 0.2) is 72.8 Å². The van der Waals surface area contributed by atoms with Crippen LogP contribution in [0.4, 0.5) is 14.5 Å². The number of piperidine rings is 1. The summed E-state index contributed by atoms with van der Waals surface area (Å²) < 4.78 is 34.9. The highest BCUT2D eigenvalue weighted by atomic mass is 19.1. The van der Waals surface area contributed by atoms with E-state index in [0.717, 1.165) is 30.4 Å². The predicted molar refractivity (Wildman–Crippen MR) is 176 cm³/mol. The summed E-state index contributed by atoms with van der Waals surface area (Å²) in [4.78, 5) is 57.0. The molecule has 2 aliphatic heterocycles. The van der Waals surface area contributed by atoms with Crippen LogP contribution in [0.3, 0.4) is 0 Å². The number of halogens is 2. The van der Waals surface area contributed by atoms with E-state index in [9.17, 15) is 23.6 Å². The summed E-state index contributed by atoms with van der Waals surface area (Å²) in [6.45, 7) is 5.52. The number of para-hydroxylation sites is 1. The van der Waals surface area contributed by atoms with Crippen molar-refractivity contribution in [2.75, 3.05) is 44.2 Å². The zero-order valence-electron chi connectivity index (χ0n) is 26.9. The number of hydrogen-bond donors (Lipinski definition) is 3. The quantitative estimate of drug-likeness (QED) is 0.154. The number of amides is 3. The van der Waals surface area contributed by atoms with Gasteiger partial charge in [0.2, 0.25) is 11.8 Å². The lowest BCUT2D eigenvalue weighted by atomic mass is 9.69. The first-order valence-corrected chi connectivity index (χ1v) is 16.3. The standard InChI is InChI=1S/C36H41F2N5O5/c1-2-28-31(36(47)48-22-23-9-4-3-5-10-23)30(25-14-13-24(37)21-27(25)38)32(35(46)41-28)34(45)40-15-8-16-42-17-19-43(20-18-42)29-12-7-6-11-26(29)33(39)44/h3-7,9-14,21,28,30-32H,2,8,15-20,22H2,1H3,(H2,39,44)(H,40,45)(H,41,46). The molecule has 12 heteroatoms. The largest absolute Gasteiger partial charge is 0.461 e. The van der Waals surface area contributed by atoms with Gasteiger partial charge in [0.15, 0.2) is 0 Å². The molecule has 0 saturated carbocycles. The summed E-state index contributed by atoms with van der Waals surface area (Å²) in [5, 5.41) is 5.61. The van der Waals surface area contributed by atoms with Crippen LogP contribution >= 0.6 is 0 Å². The number of rotatable bonds is 12. The molecule has 4 atom stereocenters. The number of esters is 1. The van der Waals surface area contributed by atoms with Crippen molar-refractivity contribution in [3.05, 3.63) is 101 Å². The second-order valence-electron chi connectivity index (χ2n) is 12.2. The molecule has 0 spiro atoms. The van der Waals surface area contributed by atoms with Crippen molar-refractivity contribution >= 4 is 29.4 Å². The minimum Gasteiger partial charge on any atom is -0.461 e. The lowest BCUT2D eigenvalue weighted by Crippen LogP contribution is -2.59. The van der Waals surface area contributed by atoms with Gasteiger partial charge in [0, 0.05) is 56.4 Å². The van der Waals surface area contributed by atoms with Crippen molar-refractivity contribution in [1.82, 2.24) is 15.5 Å². The molecular formula is C36H41F2N5O5. The number of anilines is 1. The highest BCUT2D eigenvalue weighted by molar-refractivity contribution is 6.03. The van der Waals surface area contributed by atoms with E-state index in [2.05, 4.69) is 20.4 Å². The Kier molecular flexibility index (Phi) is 11.4. The fraction of sp³-hybridized carbons (Fsp3) is 0.389. The van der Waals surface area contributed by atoms with E-state index in [1.807, 2.05) is 30.3 Å². The first kappa shape index (κ1) is 34.5. The number of nitrogens with two attached hydrogens (primary N) is 1. The first-order chi connectivity index (χ1) is 23.2. The summed E-state index contributed by atoms with van der Waals surface area (Å²) in [5.74, 6) is -7.96. The molecule has 0 aromatic heterocycles. The van der Waals surface area contributed by atoms with Gasteiger partial charge in [-0.3, -0.25) is 24.1 Å². The molecule has 0 radical (unpaired) electrons. The van der Waals surface area contributed by atoms with Crippen molar-refractivity contribution in [1.29, 1.82) is 0 Å². The summed E-state index contributed by atoms with van der Waals surface area (Å²) in [5.41, 5.74) is 7.49. The van der Waals surface area contributed by atoms with Gasteiger partial charge in [0.1, 0.15) is 24.2 Å². The van der Waals surface area contributed by atoms with Gasteiger partial charge in [-0.15, -0.1) is 0 Å². The van der Waals surface area contributed by atoms with Crippen molar-refractivity contribution in [3.63, 3.8) is 0 Å². The summed E-state index contributed by atoms with van der Waals surface area (Å²) >= 11 is 0. The maximum Gasteiger partial charge on any atom is 0.312 e. The average Bonchev–Trinajstić information content (AvgIpc) is 3.09. The fourth-order valence-corrected chi connectivity index (χ4v) is 6.70. The Morgan fingerprint density at radius 3 is 2.38 bits per heavy atom. The van der Waals surface area contributed by atoms with Gasteiger partial charge in [0.25, 0.3) is 5.91 Å². The molecule has 2 saturated heterocycles. The zero-order valence-corrected chi connectivity index (χ0v) is 26.9. The number of carbonyl (C=O) groups is 4. The van der Waals surface area contributed by atoms with Crippen LogP contribution in [0, 0.1) is 23.5 Å². The molecule has 48 heavy (non-hydrogen) atoms. The Balaban J connectivity index is 1.24. The lowest BCUT2D eigenvalue weighted by molar-refractivity contribution is -0.156. The Labute approximate surface area is 278 Å². The second-order valence-corrected chi connectivity index (χ2v) is 12.2. The topological polar surface area (TPSA) is 134 Å². The molecule has 4 N–H and O–H groups in total. The number of hydrogen-bond acceptors (Lipinski definition) is 7. The minimum absolute atomic E-state index is 0.0397. The number of nitrogens with one attached hydrogen (secondary N) is 2. The van der Waals surface area contributed by atoms with Crippen molar-refractivity contribution in [2.24, 2.45) is 17.6 Å². The van der Waals surface area contributed by atoms with Crippen LogP contribution in [0.5, 0.6) is 0 Å². The summed E-state index contributed by atoms with van der Waals surface area (Å²) in [6, 6.07) is 18.5. The van der Waals surface area contributed by atoms with Gasteiger partial charge in [-0.05, 0) is 48.7 Å². The predicted octanol–water partition coefficient (Wildman–Crippen LogP) is 3.36. The van der Waals surface area contributed by atoms with Crippen molar-refractivity contribution in [2.45, 2.75) is 38.3 Å². The summed E-state index contributed by atoms with van der Waals surface area (Å²) in [7, 11) is 0. The molecule has 2 heterocycles. The number of nitrogens with zero attached hydrogens (tertiary/aromatic N) is 2. The van der Waals surface area contributed by atoms with E-state index in [4.69, 9.17) is 10.5 Å². The van der Waals surface area contributed by atoms with Crippen LogP contribution in [0.1, 0.15) is 47.2 Å². The number of benzene rings is 3. The van der Waals surface area contributed by atoms with Crippen LogP contribution in [-0.4, -0.2) is 73.9 Å². The van der Waals surface area contributed by atoms with Crippen LogP contribution < -0.4 is 21.3 Å². The zero-order chi connectivity index (χ0) is 34.2. The molecule has 3 aromatic rings. The SMILES string of the molecule is CCC1NC(=O)C(C(=O)NCCCN2CCN(c3ccccc3C(N)=O)CC2)C(c2ccc(F)cc2F)C1C(=O)OCc1ccccc1. The molecular weight excluding hydrogens is 620 g/mol.